The Morgan fingerprint density at radius 2 is 1.90 bits per heavy atom. The molecule has 1 aromatic heterocycles. The molecule has 0 aliphatic rings. The second-order valence-electron chi connectivity index (χ2n) is 4.68. The first-order chi connectivity index (χ1) is 9.61. The standard InChI is InChI=1S/C14H17ClN4O/c1-9(2)13-17-14(16-7-8-20)12(18-19-13)10-3-5-11(15)6-4-10/h3-6,9,20H,7-8H2,1-2H3,(H,16,17,19). The van der Waals surface area contributed by atoms with E-state index in [1.165, 1.54) is 0 Å². The quantitative estimate of drug-likeness (QED) is 0.886. The summed E-state index contributed by atoms with van der Waals surface area (Å²) in [5.74, 6) is 1.49. The van der Waals surface area contributed by atoms with Crippen LogP contribution in [-0.2, 0) is 0 Å². The molecule has 0 bridgehead atoms. The zero-order chi connectivity index (χ0) is 14.5. The molecule has 0 aliphatic heterocycles. The van der Waals surface area contributed by atoms with Crippen molar-refractivity contribution in [1.29, 1.82) is 0 Å². The smallest absolute Gasteiger partial charge is 0.156 e. The van der Waals surface area contributed by atoms with Crippen LogP contribution in [0.3, 0.4) is 0 Å². The largest absolute Gasteiger partial charge is 0.395 e. The van der Waals surface area contributed by atoms with Crippen molar-refractivity contribution in [3.63, 3.8) is 0 Å². The first kappa shape index (κ1) is 14.7. The lowest BCUT2D eigenvalue weighted by atomic mass is 10.1. The number of rotatable bonds is 5. The minimum atomic E-state index is 0.0288. The molecule has 0 spiro atoms. The normalized spacial score (nSPS) is 10.8. The first-order valence-electron chi connectivity index (χ1n) is 6.47. The zero-order valence-corrected chi connectivity index (χ0v) is 12.2. The third-order valence-electron chi connectivity index (χ3n) is 2.74. The maximum atomic E-state index is 8.96. The van der Waals surface area contributed by atoms with Crippen molar-refractivity contribution in [1.82, 2.24) is 15.2 Å². The minimum Gasteiger partial charge on any atom is -0.395 e. The van der Waals surface area contributed by atoms with E-state index in [-0.39, 0.29) is 12.5 Å². The first-order valence-corrected chi connectivity index (χ1v) is 6.85. The van der Waals surface area contributed by atoms with Crippen molar-refractivity contribution in [2.45, 2.75) is 19.8 Å². The highest BCUT2D eigenvalue weighted by atomic mass is 35.5. The third kappa shape index (κ3) is 3.43. The highest BCUT2D eigenvalue weighted by molar-refractivity contribution is 6.30. The fourth-order valence-corrected chi connectivity index (χ4v) is 1.81. The van der Waals surface area contributed by atoms with Crippen molar-refractivity contribution in [3.8, 4) is 11.3 Å². The predicted molar refractivity (Wildman–Crippen MR) is 79.9 cm³/mol. The van der Waals surface area contributed by atoms with Gasteiger partial charge in [0.1, 0.15) is 5.69 Å². The monoisotopic (exact) mass is 292 g/mol. The van der Waals surface area contributed by atoms with Crippen LogP contribution in [0.15, 0.2) is 24.3 Å². The van der Waals surface area contributed by atoms with Gasteiger partial charge in [-0.2, -0.15) is 0 Å². The molecule has 20 heavy (non-hydrogen) atoms. The van der Waals surface area contributed by atoms with Crippen LogP contribution in [0.5, 0.6) is 0 Å². The van der Waals surface area contributed by atoms with Crippen LogP contribution in [0.4, 0.5) is 5.82 Å². The number of anilines is 1. The van der Waals surface area contributed by atoms with Gasteiger partial charge in [-0.3, -0.25) is 0 Å². The molecule has 1 aromatic carbocycles. The number of hydrogen-bond acceptors (Lipinski definition) is 5. The molecule has 2 rings (SSSR count). The lowest BCUT2D eigenvalue weighted by molar-refractivity contribution is 0.311. The van der Waals surface area contributed by atoms with Crippen LogP contribution in [0.2, 0.25) is 5.02 Å². The molecule has 0 fully saturated rings. The number of nitrogens with zero attached hydrogens (tertiary/aromatic N) is 3. The summed E-state index contributed by atoms with van der Waals surface area (Å²) in [7, 11) is 0. The van der Waals surface area contributed by atoms with Gasteiger partial charge in [0.05, 0.1) is 6.61 Å². The van der Waals surface area contributed by atoms with Crippen molar-refractivity contribution < 1.29 is 5.11 Å². The van der Waals surface area contributed by atoms with Gasteiger partial charge < -0.3 is 10.4 Å². The van der Waals surface area contributed by atoms with Gasteiger partial charge in [0, 0.05) is 23.0 Å². The fourth-order valence-electron chi connectivity index (χ4n) is 1.68. The molecular weight excluding hydrogens is 276 g/mol. The van der Waals surface area contributed by atoms with E-state index in [9.17, 15) is 0 Å². The van der Waals surface area contributed by atoms with Crippen molar-refractivity contribution >= 4 is 17.4 Å². The summed E-state index contributed by atoms with van der Waals surface area (Å²) >= 11 is 5.89. The van der Waals surface area contributed by atoms with E-state index in [1.54, 1.807) is 12.1 Å². The van der Waals surface area contributed by atoms with Crippen LogP contribution in [0, 0.1) is 0 Å². The summed E-state index contributed by atoms with van der Waals surface area (Å²) in [4.78, 5) is 4.48. The van der Waals surface area contributed by atoms with Crippen molar-refractivity contribution in [2.24, 2.45) is 0 Å². The van der Waals surface area contributed by atoms with Crippen LogP contribution in [-0.4, -0.2) is 33.4 Å². The Kier molecular flexibility index (Phi) is 4.87. The molecule has 0 unspecified atom stereocenters. The van der Waals surface area contributed by atoms with E-state index in [1.807, 2.05) is 26.0 Å². The van der Waals surface area contributed by atoms with Crippen molar-refractivity contribution in [3.05, 3.63) is 35.1 Å². The average Bonchev–Trinajstić information content (AvgIpc) is 2.45. The van der Waals surface area contributed by atoms with E-state index < -0.39 is 0 Å². The van der Waals surface area contributed by atoms with E-state index in [0.29, 0.717) is 28.9 Å². The van der Waals surface area contributed by atoms with Gasteiger partial charge in [0.25, 0.3) is 0 Å². The van der Waals surface area contributed by atoms with Crippen LogP contribution >= 0.6 is 11.6 Å². The second kappa shape index (κ2) is 6.63. The molecule has 2 aromatic rings. The maximum Gasteiger partial charge on any atom is 0.156 e. The van der Waals surface area contributed by atoms with Crippen LogP contribution in [0.1, 0.15) is 25.6 Å². The SMILES string of the molecule is CC(C)c1nnc(-c2ccc(Cl)cc2)c(NCCO)n1. The molecule has 0 radical (unpaired) electrons. The highest BCUT2D eigenvalue weighted by Crippen LogP contribution is 2.25. The number of aliphatic hydroxyl groups excluding tert-OH is 1. The summed E-state index contributed by atoms with van der Waals surface area (Å²) < 4.78 is 0. The van der Waals surface area contributed by atoms with Crippen molar-refractivity contribution in [2.75, 3.05) is 18.5 Å². The Morgan fingerprint density at radius 1 is 1.20 bits per heavy atom. The Labute approximate surface area is 123 Å². The van der Waals surface area contributed by atoms with Gasteiger partial charge in [0.2, 0.25) is 0 Å². The molecule has 5 nitrogen and oxygen atoms in total. The summed E-state index contributed by atoms with van der Waals surface area (Å²) in [6.07, 6.45) is 0. The number of halogens is 1. The van der Waals surface area contributed by atoms with Gasteiger partial charge in [-0.1, -0.05) is 37.6 Å². The highest BCUT2D eigenvalue weighted by Gasteiger charge is 2.13. The van der Waals surface area contributed by atoms with E-state index in [4.69, 9.17) is 16.7 Å². The molecule has 2 N–H and O–H groups in total. The molecule has 0 saturated carbocycles. The van der Waals surface area contributed by atoms with Gasteiger partial charge in [-0.15, -0.1) is 10.2 Å². The topological polar surface area (TPSA) is 70.9 Å². The predicted octanol–water partition coefficient (Wildman–Crippen LogP) is 2.72. The molecular formula is C14H17ClN4O. The van der Waals surface area contributed by atoms with Crippen LogP contribution in [0.25, 0.3) is 11.3 Å². The summed E-state index contributed by atoms with van der Waals surface area (Å²) in [6.45, 7) is 4.46. The molecule has 1 heterocycles. The summed E-state index contributed by atoms with van der Waals surface area (Å²) in [5, 5.41) is 21.1. The van der Waals surface area contributed by atoms with Gasteiger partial charge in [0.15, 0.2) is 11.6 Å². The molecule has 0 atom stereocenters. The molecule has 0 amide bonds. The molecule has 0 aliphatic carbocycles. The van der Waals surface area contributed by atoms with Gasteiger partial charge in [-0.25, -0.2) is 4.98 Å². The summed E-state index contributed by atoms with van der Waals surface area (Å²) in [6, 6.07) is 7.33. The lowest BCUT2D eigenvalue weighted by Crippen LogP contribution is -2.12. The number of benzene rings is 1. The number of nitrogens with one attached hydrogen (secondary N) is 1. The van der Waals surface area contributed by atoms with Crippen LogP contribution < -0.4 is 5.32 Å². The Balaban J connectivity index is 2.42. The third-order valence-corrected chi connectivity index (χ3v) is 2.99. The number of aromatic nitrogens is 3. The zero-order valence-electron chi connectivity index (χ0n) is 11.5. The molecule has 0 saturated heterocycles. The Morgan fingerprint density at radius 3 is 2.50 bits per heavy atom. The lowest BCUT2D eigenvalue weighted by Gasteiger charge is -2.11. The second-order valence-corrected chi connectivity index (χ2v) is 5.12. The number of aliphatic hydroxyl groups is 1. The molecule has 6 heteroatoms. The number of hydrogen-bond donors (Lipinski definition) is 2. The Hall–Kier alpha value is -1.72. The van der Waals surface area contributed by atoms with E-state index >= 15 is 0 Å². The minimum absolute atomic E-state index is 0.0288. The van der Waals surface area contributed by atoms with E-state index in [2.05, 4.69) is 20.5 Å². The maximum absolute atomic E-state index is 8.96. The molecule has 106 valence electrons. The average molecular weight is 293 g/mol. The van der Waals surface area contributed by atoms with Gasteiger partial charge >= 0.3 is 0 Å². The fraction of sp³-hybridized carbons (Fsp3) is 0.357. The Bertz CT molecular complexity index is 572. The van der Waals surface area contributed by atoms with E-state index in [0.717, 1.165) is 5.56 Å². The summed E-state index contributed by atoms with van der Waals surface area (Å²) in [5.41, 5.74) is 1.53. The van der Waals surface area contributed by atoms with Gasteiger partial charge in [-0.05, 0) is 12.1 Å².